The van der Waals surface area contributed by atoms with Crippen LogP contribution in [-0.4, -0.2) is 45.8 Å². The molecule has 24 heavy (non-hydrogen) atoms. The number of aromatic nitrogens is 2. The Kier molecular flexibility index (Phi) is 3.46. The van der Waals surface area contributed by atoms with E-state index in [-0.39, 0.29) is 18.7 Å². The molecule has 2 aliphatic rings. The van der Waals surface area contributed by atoms with Gasteiger partial charge in [-0.2, -0.15) is 10.2 Å². The van der Waals surface area contributed by atoms with Crippen LogP contribution in [0.3, 0.4) is 0 Å². The maximum absolute atomic E-state index is 12.7. The molecule has 0 aliphatic carbocycles. The fraction of sp³-hybridized carbons (Fsp3) is 0.312. The number of esters is 1. The molecule has 1 N–H and O–H groups in total. The number of hydrogen-bond acceptors (Lipinski definition) is 5. The number of nitrogens with one attached hydrogen (secondary N) is 1. The van der Waals surface area contributed by atoms with Crippen LogP contribution < -0.4 is 0 Å². The summed E-state index contributed by atoms with van der Waals surface area (Å²) >= 11 is 0. The minimum Gasteiger partial charge on any atom is -0.467 e. The third-order valence-electron chi connectivity index (χ3n) is 4.37. The zero-order valence-corrected chi connectivity index (χ0v) is 13.0. The molecule has 8 nitrogen and oxygen atoms in total. The standard InChI is InChI=1S/C16H16N4O4/c1-23-15(21)14-13-11(7-17-18-13)12-8-19(14)16(22)20(12)24-9-10-5-3-2-4-6-10/h2-7,12,14H,8-9H2,1H3,(H,17,18)/t12-,14?/m1/s1. The molecule has 1 aromatic heterocycles. The van der Waals surface area contributed by atoms with E-state index in [2.05, 4.69) is 10.2 Å². The van der Waals surface area contributed by atoms with Gasteiger partial charge >= 0.3 is 12.0 Å². The maximum Gasteiger partial charge on any atom is 0.345 e. The van der Waals surface area contributed by atoms with E-state index in [4.69, 9.17) is 9.57 Å². The first-order valence-electron chi connectivity index (χ1n) is 7.58. The molecule has 1 aromatic carbocycles. The lowest BCUT2D eigenvalue weighted by Gasteiger charge is -2.27. The zero-order chi connectivity index (χ0) is 16.7. The molecule has 124 valence electrons. The Morgan fingerprint density at radius 3 is 2.92 bits per heavy atom. The van der Waals surface area contributed by atoms with Crippen LogP contribution in [0.25, 0.3) is 0 Å². The molecular formula is C16H16N4O4. The summed E-state index contributed by atoms with van der Waals surface area (Å²) in [5.41, 5.74) is 2.32. The van der Waals surface area contributed by atoms with Crippen molar-refractivity contribution in [2.45, 2.75) is 18.7 Å². The van der Waals surface area contributed by atoms with Crippen LogP contribution in [-0.2, 0) is 21.0 Å². The summed E-state index contributed by atoms with van der Waals surface area (Å²) in [5.74, 6) is -0.503. The minimum atomic E-state index is -0.818. The molecule has 2 amide bonds. The molecule has 1 fully saturated rings. The van der Waals surface area contributed by atoms with E-state index in [0.717, 1.165) is 11.1 Å². The quantitative estimate of drug-likeness (QED) is 0.860. The number of carbonyl (C=O) groups is 2. The van der Waals surface area contributed by atoms with Gasteiger partial charge in [0.25, 0.3) is 0 Å². The summed E-state index contributed by atoms with van der Waals surface area (Å²) in [5, 5.41) is 8.15. The lowest BCUT2D eigenvalue weighted by atomic mass is 9.98. The molecule has 2 aliphatic heterocycles. The number of carbonyl (C=O) groups excluding carboxylic acids is 2. The molecule has 2 aromatic rings. The van der Waals surface area contributed by atoms with Gasteiger partial charge in [0, 0.05) is 5.56 Å². The van der Waals surface area contributed by atoms with E-state index in [1.54, 1.807) is 6.20 Å². The molecule has 0 radical (unpaired) electrons. The van der Waals surface area contributed by atoms with Gasteiger partial charge in [0.2, 0.25) is 0 Å². The predicted octanol–water partition coefficient (Wildman–Crippen LogP) is 1.55. The van der Waals surface area contributed by atoms with Crippen LogP contribution in [0.4, 0.5) is 4.79 Å². The molecule has 8 heteroatoms. The average molecular weight is 328 g/mol. The van der Waals surface area contributed by atoms with Crippen LogP contribution in [0.1, 0.15) is 28.9 Å². The number of urea groups is 1. The number of benzene rings is 1. The third kappa shape index (κ3) is 2.15. The minimum absolute atomic E-state index is 0.271. The van der Waals surface area contributed by atoms with E-state index in [1.165, 1.54) is 17.1 Å². The smallest absolute Gasteiger partial charge is 0.345 e. The van der Waals surface area contributed by atoms with E-state index < -0.39 is 12.0 Å². The number of methoxy groups -OCH3 is 1. The lowest BCUT2D eigenvalue weighted by molar-refractivity contribution is -0.146. The number of hydroxylamine groups is 2. The average Bonchev–Trinajstić information content (AvgIpc) is 3.20. The Bertz CT molecular complexity index is 775. The van der Waals surface area contributed by atoms with Gasteiger partial charge in [-0.25, -0.2) is 9.59 Å². The van der Waals surface area contributed by atoms with Crippen LogP contribution in [0.15, 0.2) is 36.5 Å². The van der Waals surface area contributed by atoms with Gasteiger partial charge in [-0.1, -0.05) is 30.3 Å². The summed E-state index contributed by atoms with van der Waals surface area (Å²) in [7, 11) is 1.30. The monoisotopic (exact) mass is 328 g/mol. The zero-order valence-electron chi connectivity index (χ0n) is 13.0. The van der Waals surface area contributed by atoms with Gasteiger partial charge in [-0.15, -0.1) is 0 Å². The first kappa shape index (κ1) is 14.7. The number of ether oxygens (including phenoxy) is 1. The number of H-pyrrole nitrogens is 1. The van der Waals surface area contributed by atoms with Crippen molar-refractivity contribution in [2.75, 3.05) is 13.7 Å². The maximum atomic E-state index is 12.7. The molecule has 3 heterocycles. The second kappa shape index (κ2) is 5.64. The van der Waals surface area contributed by atoms with Gasteiger partial charge in [0.05, 0.1) is 25.5 Å². The van der Waals surface area contributed by atoms with Crippen LogP contribution in [0.2, 0.25) is 0 Å². The highest BCUT2D eigenvalue weighted by molar-refractivity contribution is 5.87. The molecule has 2 bridgehead atoms. The number of aromatic amines is 1. The summed E-state index contributed by atoms with van der Waals surface area (Å²) in [6.45, 7) is 0.632. The third-order valence-corrected chi connectivity index (χ3v) is 4.37. The van der Waals surface area contributed by atoms with Crippen molar-refractivity contribution in [3.8, 4) is 0 Å². The molecular weight excluding hydrogens is 312 g/mol. The van der Waals surface area contributed by atoms with Gasteiger partial charge < -0.3 is 9.64 Å². The fourth-order valence-corrected chi connectivity index (χ4v) is 3.21. The Labute approximate surface area is 137 Å². The van der Waals surface area contributed by atoms with Crippen molar-refractivity contribution >= 4 is 12.0 Å². The molecule has 1 saturated heterocycles. The highest BCUT2D eigenvalue weighted by Gasteiger charge is 2.52. The van der Waals surface area contributed by atoms with Crippen molar-refractivity contribution in [3.05, 3.63) is 53.3 Å². The van der Waals surface area contributed by atoms with Crippen molar-refractivity contribution in [3.63, 3.8) is 0 Å². The van der Waals surface area contributed by atoms with E-state index in [0.29, 0.717) is 12.2 Å². The van der Waals surface area contributed by atoms with Crippen LogP contribution in [0, 0.1) is 0 Å². The largest absolute Gasteiger partial charge is 0.467 e. The second-order valence-corrected chi connectivity index (χ2v) is 5.70. The molecule has 2 atom stereocenters. The Balaban J connectivity index is 1.61. The second-order valence-electron chi connectivity index (χ2n) is 5.70. The van der Waals surface area contributed by atoms with E-state index in [1.807, 2.05) is 30.3 Å². The Hall–Kier alpha value is -2.87. The van der Waals surface area contributed by atoms with Crippen molar-refractivity contribution < 1.29 is 19.2 Å². The number of hydrogen-bond donors (Lipinski definition) is 1. The van der Waals surface area contributed by atoms with Gasteiger partial charge in [-0.05, 0) is 5.56 Å². The fourth-order valence-electron chi connectivity index (χ4n) is 3.21. The molecule has 0 saturated carbocycles. The van der Waals surface area contributed by atoms with E-state index >= 15 is 0 Å². The van der Waals surface area contributed by atoms with Gasteiger partial charge in [-0.3, -0.25) is 9.94 Å². The highest BCUT2D eigenvalue weighted by Crippen LogP contribution is 2.43. The van der Waals surface area contributed by atoms with Crippen molar-refractivity contribution in [1.82, 2.24) is 20.2 Å². The first-order chi connectivity index (χ1) is 11.7. The Morgan fingerprint density at radius 1 is 1.38 bits per heavy atom. The van der Waals surface area contributed by atoms with Crippen molar-refractivity contribution in [1.29, 1.82) is 0 Å². The summed E-state index contributed by atoms with van der Waals surface area (Å²) < 4.78 is 4.84. The lowest BCUT2D eigenvalue weighted by Crippen LogP contribution is -2.39. The van der Waals surface area contributed by atoms with Gasteiger partial charge in [0.1, 0.15) is 12.6 Å². The normalized spacial score (nSPS) is 21.8. The summed E-state index contributed by atoms with van der Waals surface area (Å²) in [6, 6.07) is 8.12. The van der Waals surface area contributed by atoms with Crippen LogP contribution >= 0.6 is 0 Å². The number of nitrogens with zero attached hydrogens (tertiary/aromatic N) is 3. The topological polar surface area (TPSA) is 87.8 Å². The molecule has 4 rings (SSSR count). The Morgan fingerprint density at radius 2 is 2.17 bits per heavy atom. The SMILES string of the molecule is COC(=O)C1c2[nH]ncc2[C@H]2CN1C(=O)N2OCc1ccccc1. The molecule has 0 spiro atoms. The number of amides is 2. The van der Waals surface area contributed by atoms with Gasteiger partial charge in [0.15, 0.2) is 6.04 Å². The summed E-state index contributed by atoms with van der Waals surface area (Å²) in [6.07, 6.45) is 1.63. The predicted molar refractivity (Wildman–Crippen MR) is 81.3 cm³/mol. The van der Waals surface area contributed by atoms with Crippen LogP contribution in [0.5, 0.6) is 0 Å². The highest BCUT2D eigenvalue weighted by atomic mass is 16.7. The number of fused-ring (bicyclic) bond motifs is 4. The van der Waals surface area contributed by atoms with E-state index in [9.17, 15) is 9.59 Å². The van der Waals surface area contributed by atoms with Crippen molar-refractivity contribution in [2.24, 2.45) is 0 Å². The first-order valence-corrected chi connectivity index (χ1v) is 7.58. The number of rotatable bonds is 4. The summed E-state index contributed by atoms with van der Waals surface area (Å²) in [4.78, 5) is 32.0. The molecule has 1 unspecified atom stereocenters.